The molecule has 0 fully saturated rings. The number of carbonyl (C=O) groups excluding carboxylic acids is 1. The molecule has 2 heterocycles. The molecule has 184 valence electrons. The lowest BCUT2D eigenvalue weighted by molar-refractivity contribution is -0.140. The van der Waals surface area contributed by atoms with Gasteiger partial charge in [-0.1, -0.05) is 35.9 Å². The number of nitriles is 1. The molecule has 7 heteroatoms. The molecule has 1 aromatic heterocycles. The molecule has 1 atom stereocenters. The maximum atomic E-state index is 13.7. The number of anilines is 1. The van der Waals surface area contributed by atoms with E-state index in [1.165, 1.54) is 0 Å². The predicted molar refractivity (Wildman–Crippen MR) is 137 cm³/mol. The van der Waals surface area contributed by atoms with Crippen molar-refractivity contribution in [1.29, 1.82) is 5.26 Å². The van der Waals surface area contributed by atoms with E-state index in [0.29, 0.717) is 35.1 Å². The fourth-order valence-corrected chi connectivity index (χ4v) is 4.54. The number of carbonyl (C=O) groups is 1. The quantitative estimate of drug-likeness (QED) is 0.440. The molecule has 36 heavy (non-hydrogen) atoms. The third-order valence-electron chi connectivity index (χ3n) is 6.19. The second kappa shape index (κ2) is 10.5. The van der Waals surface area contributed by atoms with Gasteiger partial charge in [0.2, 0.25) is 5.88 Å². The molecule has 3 aromatic rings. The Bertz CT molecular complexity index is 1390. The maximum absolute atomic E-state index is 13.7. The van der Waals surface area contributed by atoms with Gasteiger partial charge in [0.15, 0.2) is 0 Å². The van der Waals surface area contributed by atoms with E-state index in [-0.39, 0.29) is 6.61 Å². The SMILES string of the molecule is CCOc1ncc(C)c2c1[C@H](c1ccc(C#N)cc1OC)C(C(=O)OCc1cccc(C)c1)=C(C)N2. The van der Waals surface area contributed by atoms with Crippen LogP contribution < -0.4 is 14.8 Å². The number of fused-ring (bicyclic) bond motifs is 1. The fraction of sp³-hybridized carbons (Fsp3) is 0.276. The van der Waals surface area contributed by atoms with Gasteiger partial charge in [-0.3, -0.25) is 0 Å². The summed E-state index contributed by atoms with van der Waals surface area (Å²) in [6.45, 7) is 8.25. The van der Waals surface area contributed by atoms with Crippen LogP contribution in [0.15, 0.2) is 59.9 Å². The Hall–Kier alpha value is -4.31. The summed E-state index contributed by atoms with van der Waals surface area (Å²) < 4.78 is 17.4. The number of hydrogen-bond acceptors (Lipinski definition) is 7. The number of aromatic nitrogens is 1. The van der Waals surface area contributed by atoms with Crippen LogP contribution in [0.4, 0.5) is 5.69 Å². The molecule has 1 aliphatic rings. The number of esters is 1. The average molecular weight is 484 g/mol. The number of nitrogens with zero attached hydrogens (tertiary/aromatic N) is 2. The van der Waals surface area contributed by atoms with Gasteiger partial charge in [0.1, 0.15) is 12.4 Å². The van der Waals surface area contributed by atoms with Crippen LogP contribution in [0.1, 0.15) is 53.1 Å². The van der Waals surface area contributed by atoms with E-state index in [1.807, 2.05) is 58.0 Å². The molecular weight excluding hydrogens is 454 g/mol. The van der Waals surface area contributed by atoms with Crippen molar-refractivity contribution >= 4 is 11.7 Å². The number of aryl methyl sites for hydroxylation is 2. The number of rotatable bonds is 7. The summed E-state index contributed by atoms with van der Waals surface area (Å²) in [5.41, 5.74) is 6.76. The highest BCUT2D eigenvalue weighted by Crippen LogP contribution is 2.49. The molecule has 0 radical (unpaired) electrons. The van der Waals surface area contributed by atoms with Gasteiger partial charge in [0.25, 0.3) is 0 Å². The molecule has 0 aliphatic carbocycles. The Morgan fingerprint density at radius 3 is 2.67 bits per heavy atom. The Morgan fingerprint density at radius 2 is 1.97 bits per heavy atom. The van der Waals surface area contributed by atoms with E-state index in [0.717, 1.165) is 33.5 Å². The molecule has 7 nitrogen and oxygen atoms in total. The Labute approximate surface area is 211 Å². The molecule has 0 amide bonds. The highest BCUT2D eigenvalue weighted by molar-refractivity contribution is 5.95. The van der Waals surface area contributed by atoms with E-state index in [2.05, 4.69) is 16.4 Å². The molecule has 4 rings (SSSR count). The van der Waals surface area contributed by atoms with Gasteiger partial charge < -0.3 is 19.5 Å². The number of pyridine rings is 1. The van der Waals surface area contributed by atoms with Crippen molar-refractivity contribution in [2.45, 2.75) is 40.2 Å². The van der Waals surface area contributed by atoms with Crippen molar-refractivity contribution < 1.29 is 19.0 Å². The lowest BCUT2D eigenvalue weighted by Gasteiger charge is -2.32. The Balaban J connectivity index is 1.86. The summed E-state index contributed by atoms with van der Waals surface area (Å²) in [6.07, 6.45) is 1.75. The molecule has 0 spiro atoms. The topological polar surface area (TPSA) is 93.5 Å². The first-order valence-electron chi connectivity index (χ1n) is 11.8. The van der Waals surface area contributed by atoms with E-state index in [9.17, 15) is 10.1 Å². The van der Waals surface area contributed by atoms with Crippen molar-refractivity contribution in [3.8, 4) is 17.7 Å². The van der Waals surface area contributed by atoms with Crippen LogP contribution in [-0.4, -0.2) is 24.7 Å². The summed E-state index contributed by atoms with van der Waals surface area (Å²) in [5, 5.41) is 12.8. The van der Waals surface area contributed by atoms with Gasteiger partial charge in [-0.2, -0.15) is 5.26 Å². The van der Waals surface area contributed by atoms with Gasteiger partial charge in [-0.25, -0.2) is 9.78 Å². The first kappa shape index (κ1) is 24.8. The zero-order chi connectivity index (χ0) is 25.8. The third-order valence-corrected chi connectivity index (χ3v) is 6.19. The van der Waals surface area contributed by atoms with E-state index in [1.54, 1.807) is 25.4 Å². The molecule has 2 aromatic carbocycles. The van der Waals surface area contributed by atoms with Crippen molar-refractivity contribution in [2.24, 2.45) is 0 Å². The first-order chi connectivity index (χ1) is 17.4. The minimum Gasteiger partial charge on any atom is -0.496 e. The minimum absolute atomic E-state index is 0.145. The van der Waals surface area contributed by atoms with Gasteiger partial charge in [0, 0.05) is 17.5 Å². The zero-order valence-electron chi connectivity index (χ0n) is 21.1. The summed E-state index contributed by atoms with van der Waals surface area (Å²) in [6, 6.07) is 15.2. The van der Waals surface area contributed by atoms with Crippen molar-refractivity contribution in [3.63, 3.8) is 0 Å². The van der Waals surface area contributed by atoms with Crippen molar-refractivity contribution in [2.75, 3.05) is 19.0 Å². The summed E-state index contributed by atoms with van der Waals surface area (Å²) in [4.78, 5) is 18.2. The number of methoxy groups -OCH3 is 1. The van der Waals surface area contributed by atoms with Crippen molar-refractivity contribution in [1.82, 2.24) is 4.98 Å². The number of ether oxygens (including phenoxy) is 3. The second-order valence-corrected chi connectivity index (χ2v) is 8.70. The lowest BCUT2D eigenvalue weighted by atomic mass is 9.79. The fourth-order valence-electron chi connectivity index (χ4n) is 4.54. The van der Waals surface area contributed by atoms with Gasteiger partial charge in [-0.15, -0.1) is 0 Å². The molecule has 1 N–H and O–H groups in total. The Kier molecular flexibility index (Phi) is 7.25. The molecule has 1 aliphatic heterocycles. The van der Waals surface area contributed by atoms with Crippen LogP contribution >= 0.6 is 0 Å². The lowest BCUT2D eigenvalue weighted by Crippen LogP contribution is -2.26. The third kappa shape index (κ3) is 4.76. The molecular formula is C29H29N3O4. The van der Waals surface area contributed by atoms with Crippen molar-refractivity contribution in [3.05, 3.63) is 93.3 Å². The highest BCUT2D eigenvalue weighted by atomic mass is 16.5. The molecule has 0 unspecified atom stereocenters. The van der Waals surface area contributed by atoms with Gasteiger partial charge in [-0.05, 0) is 51.0 Å². The van der Waals surface area contributed by atoms with Crippen LogP contribution in [0.25, 0.3) is 0 Å². The van der Waals surface area contributed by atoms with Crippen LogP contribution in [0.3, 0.4) is 0 Å². The normalized spacial score (nSPS) is 14.4. The summed E-state index contributed by atoms with van der Waals surface area (Å²) in [7, 11) is 1.55. The van der Waals surface area contributed by atoms with Crippen LogP contribution in [0.2, 0.25) is 0 Å². The number of hydrogen-bond donors (Lipinski definition) is 1. The smallest absolute Gasteiger partial charge is 0.337 e. The number of allylic oxidation sites excluding steroid dienone is 1. The highest BCUT2D eigenvalue weighted by Gasteiger charge is 2.38. The summed E-state index contributed by atoms with van der Waals surface area (Å²) >= 11 is 0. The first-order valence-corrected chi connectivity index (χ1v) is 11.8. The second-order valence-electron chi connectivity index (χ2n) is 8.70. The molecule has 0 bridgehead atoms. The van der Waals surface area contributed by atoms with E-state index >= 15 is 0 Å². The van der Waals surface area contributed by atoms with E-state index < -0.39 is 11.9 Å². The van der Waals surface area contributed by atoms with Crippen LogP contribution in [0, 0.1) is 25.2 Å². The average Bonchev–Trinajstić information content (AvgIpc) is 2.88. The molecule has 0 saturated heterocycles. The number of nitrogens with one attached hydrogen (secondary N) is 1. The minimum atomic E-state index is -0.581. The zero-order valence-corrected chi connectivity index (χ0v) is 21.1. The maximum Gasteiger partial charge on any atom is 0.337 e. The standard InChI is InChI=1S/C29H29N3O4/c1-6-35-28-26-25(22-11-10-20(14-30)13-23(22)34-5)24(19(4)32-27(26)18(3)15-31-28)29(33)36-16-21-9-7-8-17(2)12-21/h7-13,15,25,32H,6,16H2,1-5H3/t25-/m1/s1. The van der Waals surface area contributed by atoms with Gasteiger partial charge >= 0.3 is 5.97 Å². The predicted octanol–water partition coefficient (Wildman–Crippen LogP) is 5.55. The largest absolute Gasteiger partial charge is 0.496 e. The van der Waals surface area contributed by atoms with Crippen LogP contribution in [0.5, 0.6) is 11.6 Å². The Morgan fingerprint density at radius 1 is 1.17 bits per heavy atom. The van der Waals surface area contributed by atoms with E-state index in [4.69, 9.17) is 14.2 Å². The summed E-state index contributed by atoms with van der Waals surface area (Å²) in [5.74, 6) is -0.110. The van der Waals surface area contributed by atoms with Crippen LogP contribution in [-0.2, 0) is 16.1 Å². The van der Waals surface area contributed by atoms with Gasteiger partial charge in [0.05, 0.1) is 48.1 Å². The monoisotopic (exact) mass is 483 g/mol. The number of benzene rings is 2. The molecule has 0 saturated carbocycles.